The van der Waals surface area contributed by atoms with Gasteiger partial charge < -0.3 is 4.90 Å². The molecular weight excluding hydrogens is 306 g/mol. The van der Waals surface area contributed by atoms with E-state index in [4.69, 9.17) is 11.6 Å². The largest absolute Gasteiger partial charge is 0.334 e. The van der Waals surface area contributed by atoms with Gasteiger partial charge in [0.15, 0.2) is 5.78 Å². The van der Waals surface area contributed by atoms with Gasteiger partial charge in [0.1, 0.15) is 0 Å². The van der Waals surface area contributed by atoms with Crippen LogP contribution in [-0.2, 0) is 13.0 Å². The number of benzene rings is 1. The monoisotopic (exact) mass is 319 g/mol. The van der Waals surface area contributed by atoms with Gasteiger partial charge >= 0.3 is 0 Å². The van der Waals surface area contributed by atoms with Crippen LogP contribution in [0.3, 0.4) is 0 Å². The van der Waals surface area contributed by atoms with E-state index >= 15 is 0 Å². The van der Waals surface area contributed by atoms with Gasteiger partial charge in [0.25, 0.3) is 5.91 Å². The number of carbonyl (C=O) groups is 2. The van der Waals surface area contributed by atoms with Gasteiger partial charge in [0, 0.05) is 23.5 Å². The number of amides is 1. The molecule has 0 fully saturated rings. The van der Waals surface area contributed by atoms with Crippen LogP contribution < -0.4 is 0 Å². The molecule has 0 spiro atoms. The number of Topliss-reactive ketones (excluding diaryl/α,β-unsaturated/α-hetero) is 1. The second-order valence-electron chi connectivity index (χ2n) is 5.11. The van der Waals surface area contributed by atoms with E-state index in [9.17, 15) is 9.59 Å². The molecule has 2 aromatic rings. The summed E-state index contributed by atoms with van der Waals surface area (Å²) in [7, 11) is 0. The number of hydrogen-bond acceptors (Lipinski definition) is 3. The average molecular weight is 320 g/mol. The third-order valence-electron chi connectivity index (χ3n) is 3.69. The molecule has 0 unspecified atom stereocenters. The Labute approximate surface area is 132 Å². The fourth-order valence-corrected chi connectivity index (χ4v) is 3.62. The standard InChI is InChI=1S/C16H14ClNO2S/c1-10(19)15-7-12(9-21-15)16(20)18-6-5-13-11(8-18)3-2-4-14(13)17/h2-4,7,9H,5-6,8H2,1H3. The van der Waals surface area contributed by atoms with Crippen molar-refractivity contribution in [2.45, 2.75) is 19.9 Å². The first-order valence-electron chi connectivity index (χ1n) is 6.71. The minimum Gasteiger partial charge on any atom is -0.334 e. The second kappa shape index (κ2) is 5.62. The van der Waals surface area contributed by atoms with E-state index in [2.05, 4.69) is 0 Å². The summed E-state index contributed by atoms with van der Waals surface area (Å²) in [6.45, 7) is 2.74. The minimum absolute atomic E-state index is 0.00479. The summed E-state index contributed by atoms with van der Waals surface area (Å²) in [6, 6.07) is 7.49. The SMILES string of the molecule is CC(=O)c1cc(C(=O)N2CCc3c(Cl)cccc3C2)cs1. The van der Waals surface area contributed by atoms with Crippen molar-refractivity contribution in [3.63, 3.8) is 0 Å². The maximum absolute atomic E-state index is 12.5. The van der Waals surface area contributed by atoms with Crippen LogP contribution in [-0.4, -0.2) is 23.1 Å². The van der Waals surface area contributed by atoms with E-state index in [0.29, 0.717) is 23.5 Å². The van der Waals surface area contributed by atoms with Gasteiger partial charge in [-0.05, 0) is 36.6 Å². The predicted molar refractivity (Wildman–Crippen MR) is 84.2 cm³/mol. The number of hydrogen-bond donors (Lipinski definition) is 0. The first kappa shape index (κ1) is 14.3. The molecule has 108 valence electrons. The summed E-state index contributed by atoms with van der Waals surface area (Å²) in [6.07, 6.45) is 0.768. The molecule has 1 aliphatic heterocycles. The van der Waals surface area contributed by atoms with Gasteiger partial charge in [-0.1, -0.05) is 23.7 Å². The van der Waals surface area contributed by atoms with Crippen LogP contribution in [0, 0.1) is 0 Å². The summed E-state index contributed by atoms with van der Waals surface area (Å²) in [4.78, 5) is 26.3. The van der Waals surface area contributed by atoms with Crippen molar-refractivity contribution < 1.29 is 9.59 Å². The van der Waals surface area contributed by atoms with E-state index < -0.39 is 0 Å². The normalized spacial score (nSPS) is 13.9. The van der Waals surface area contributed by atoms with Crippen molar-refractivity contribution in [3.05, 3.63) is 56.2 Å². The average Bonchev–Trinajstić information content (AvgIpc) is 2.96. The molecule has 5 heteroatoms. The minimum atomic E-state index is -0.0237. The molecule has 1 aliphatic rings. The number of thiophene rings is 1. The van der Waals surface area contributed by atoms with Crippen molar-refractivity contribution in [1.82, 2.24) is 4.90 Å². The number of nitrogens with zero attached hydrogens (tertiary/aromatic N) is 1. The first-order chi connectivity index (χ1) is 10.1. The zero-order valence-corrected chi connectivity index (χ0v) is 13.1. The van der Waals surface area contributed by atoms with Gasteiger partial charge in [-0.25, -0.2) is 0 Å². The Kier molecular flexibility index (Phi) is 3.83. The quantitative estimate of drug-likeness (QED) is 0.789. The fourth-order valence-electron chi connectivity index (χ4n) is 2.55. The molecule has 1 aromatic carbocycles. The Morgan fingerprint density at radius 1 is 1.33 bits per heavy atom. The number of carbonyl (C=O) groups excluding carboxylic acids is 2. The van der Waals surface area contributed by atoms with Crippen molar-refractivity contribution in [3.8, 4) is 0 Å². The van der Waals surface area contributed by atoms with Crippen molar-refractivity contribution in [2.75, 3.05) is 6.54 Å². The molecule has 0 aliphatic carbocycles. The maximum Gasteiger partial charge on any atom is 0.255 e. The molecule has 0 atom stereocenters. The Hall–Kier alpha value is -1.65. The van der Waals surface area contributed by atoms with Gasteiger partial charge in [-0.3, -0.25) is 9.59 Å². The topological polar surface area (TPSA) is 37.4 Å². The lowest BCUT2D eigenvalue weighted by molar-refractivity contribution is 0.0735. The zero-order valence-electron chi connectivity index (χ0n) is 11.6. The molecule has 0 N–H and O–H groups in total. The Bertz CT molecular complexity index is 723. The summed E-state index contributed by atoms with van der Waals surface area (Å²) in [5, 5.41) is 2.53. The van der Waals surface area contributed by atoms with Crippen LogP contribution in [0.25, 0.3) is 0 Å². The van der Waals surface area contributed by atoms with Crippen molar-refractivity contribution in [1.29, 1.82) is 0 Å². The van der Waals surface area contributed by atoms with Crippen molar-refractivity contribution in [2.24, 2.45) is 0 Å². The van der Waals surface area contributed by atoms with Crippen LogP contribution >= 0.6 is 22.9 Å². The predicted octanol–water partition coefficient (Wildman–Crippen LogP) is 3.80. The van der Waals surface area contributed by atoms with E-state index in [1.807, 2.05) is 23.1 Å². The van der Waals surface area contributed by atoms with E-state index in [1.165, 1.54) is 18.3 Å². The summed E-state index contributed by atoms with van der Waals surface area (Å²) >= 11 is 7.51. The molecule has 3 nitrogen and oxygen atoms in total. The van der Waals surface area contributed by atoms with Gasteiger partial charge in [0.2, 0.25) is 0 Å². The molecule has 21 heavy (non-hydrogen) atoms. The molecule has 0 saturated heterocycles. The molecule has 3 rings (SSSR count). The lowest BCUT2D eigenvalue weighted by atomic mass is 9.99. The Morgan fingerprint density at radius 3 is 2.86 bits per heavy atom. The highest BCUT2D eigenvalue weighted by molar-refractivity contribution is 7.12. The van der Waals surface area contributed by atoms with E-state index in [1.54, 1.807) is 11.4 Å². The zero-order chi connectivity index (χ0) is 15.0. The van der Waals surface area contributed by atoms with Crippen molar-refractivity contribution >= 4 is 34.6 Å². The highest BCUT2D eigenvalue weighted by Crippen LogP contribution is 2.27. The highest BCUT2D eigenvalue weighted by Gasteiger charge is 2.24. The molecule has 2 heterocycles. The summed E-state index contributed by atoms with van der Waals surface area (Å²) < 4.78 is 0. The second-order valence-corrected chi connectivity index (χ2v) is 6.43. The number of ketones is 1. The van der Waals surface area contributed by atoms with E-state index in [0.717, 1.165) is 22.6 Å². The third kappa shape index (κ3) is 2.74. The van der Waals surface area contributed by atoms with Crippen LogP contribution in [0.15, 0.2) is 29.6 Å². The van der Waals surface area contributed by atoms with Crippen LogP contribution in [0.2, 0.25) is 5.02 Å². The Morgan fingerprint density at radius 2 is 2.14 bits per heavy atom. The lowest BCUT2D eigenvalue weighted by Gasteiger charge is -2.29. The summed E-state index contributed by atoms with van der Waals surface area (Å²) in [5.41, 5.74) is 2.83. The highest BCUT2D eigenvalue weighted by atomic mass is 35.5. The molecule has 1 aromatic heterocycles. The molecular formula is C16H14ClNO2S. The molecule has 0 saturated carbocycles. The smallest absolute Gasteiger partial charge is 0.255 e. The third-order valence-corrected chi connectivity index (χ3v) is 5.07. The lowest BCUT2D eigenvalue weighted by Crippen LogP contribution is -2.35. The van der Waals surface area contributed by atoms with Gasteiger partial charge in [0.05, 0.1) is 10.4 Å². The first-order valence-corrected chi connectivity index (χ1v) is 7.97. The fraction of sp³-hybridized carbons (Fsp3) is 0.250. The molecule has 0 bridgehead atoms. The molecule has 0 radical (unpaired) electrons. The van der Waals surface area contributed by atoms with Crippen LogP contribution in [0.1, 0.15) is 38.1 Å². The number of halogens is 1. The number of fused-ring (bicyclic) bond motifs is 1. The molecule has 1 amide bonds. The van der Waals surface area contributed by atoms with Crippen LogP contribution in [0.5, 0.6) is 0 Å². The number of rotatable bonds is 2. The van der Waals surface area contributed by atoms with Crippen LogP contribution in [0.4, 0.5) is 0 Å². The van der Waals surface area contributed by atoms with Gasteiger partial charge in [-0.2, -0.15) is 0 Å². The van der Waals surface area contributed by atoms with E-state index in [-0.39, 0.29) is 11.7 Å². The van der Waals surface area contributed by atoms with Gasteiger partial charge in [-0.15, -0.1) is 11.3 Å². The maximum atomic E-state index is 12.5. The Balaban J connectivity index is 1.82. The summed E-state index contributed by atoms with van der Waals surface area (Å²) in [5.74, 6) is -0.0285.